The molecule has 0 unspecified atom stereocenters. The summed E-state index contributed by atoms with van der Waals surface area (Å²) in [5, 5.41) is 0. The Hall–Kier alpha value is -0.232. The van der Waals surface area contributed by atoms with E-state index in [2.05, 4.69) is 11.5 Å². The second-order valence-electron chi connectivity index (χ2n) is 0.916. The molecule has 0 aromatic rings. The molecule has 0 atom stereocenters. The van der Waals surface area contributed by atoms with Crippen LogP contribution in [0.3, 0.4) is 0 Å². The van der Waals surface area contributed by atoms with Gasteiger partial charge in [-0.1, -0.05) is 0 Å². The molecular formula is CH7N2O5Sb. The molecule has 0 bridgehead atoms. The predicted octanol–water partition coefficient (Wildman–Crippen LogP) is -3.15. The van der Waals surface area contributed by atoms with Crippen molar-refractivity contribution in [2.24, 2.45) is 11.5 Å². The van der Waals surface area contributed by atoms with Crippen molar-refractivity contribution in [3.8, 4) is 0 Å². The third kappa shape index (κ3) is 4810. The number of hydrogen-bond donors (Lipinski definition) is 5. The average molecular weight is 249 g/mol. The molecule has 0 aromatic carbocycles. The van der Waals surface area contributed by atoms with Crippen molar-refractivity contribution in [2.75, 3.05) is 0 Å². The van der Waals surface area contributed by atoms with Gasteiger partial charge in [0.1, 0.15) is 0 Å². The Morgan fingerprint density at radius 3 is 1.22 bits per heavy atom. The number of carbonyl (C=O) groups excluding carboxylic acids is 1. The van der Waals surface area contributed by atoms with Gasteiger partial charge in [-0.25, -0.2) is 4.79 Å². The van der Waals surface area contributed by atoms with Gasteiger partial charge in [0, 0.05) is 0 Å². The molecule has 0 aromatic heterocycles. The first-order chi connectivity index (χ1) is 3.73. The third-order valence-electron chi connectivity index (χ3n) is 0. The Balaban J connectivity index is 0. The van der Waals surface area contributed by atoms with Crippen LogP contribution in [-0.2, 0) is 3.02 Å². The minimum atomic E-state index is -5.35. The zero-order valence-corrected chi connectivity index (χ0v) is 6.81. The zero-order chi connectivity index (χ0) is 8.08. The topological polar surface area (TPSA) is 147 Å². The maximum absolute atomic E-state index is 9.00. The van der Waals surface area contributed by atoms with Crippen LogP contribution in [0.15, 0.2) is 0 Å². The van der Waals surface area contributed by atoms with Gasteiger partial charge in [-0.2, -0.15) is 0 Å². The number of rotatable bonds is 0. The molecule has 0 aliphatic carbocycles. The van der Waals surface area contributed by atoms with E-state index in [4.69, 9.17) is 18.0 Å². The van der Waals surface area contributed by atoms with E-state index in [-0.39, 0.29) is 0 Å². The molecule has 7 nitrogen and oxygen atoms in total. The van der Waals surface area contributed by atoms with E-state index < -0.39 is 26.1 Å². The molecule has 0 radical (unpaired) electrons. The Morgan fingerprint density at radius 1 is 1.22 bits per heavy atom. The van der Waals surface area contributed by atoms with Gasteiger partial charge in [0.15, 0.2) is 0 Å². The van der Waals surface area contributed by atoms with Crippen molar-refractivity contribution >= 4 is 26.1 Å². The van der Waals surface area contributed by atoms with Crippen LogP contribution in [0.1, 0.15) is 0 Å². The van der Waals surface area contributed by atoms with Crippen molar-refractivity contribution in [1.82, 2.24) is 0 Å². The Labute approximate surface area is 56.0 Å². The van der Waals surface area contributed by atoms with Crippen molar-refractivity contribution in [3.05, 3.63) is 0 Å². The monoisotopic (exact) mass is 248 g/mol. The minimum absolute atomic E-state index is 0.833. The van der Waals surface area contributed by atoms with Crippen molar-refractivity contribution < 1.29 is 18.0 Å². The van der Waals surface area contributed by atoms with E-state index in [0.29, 0.717) is 0 Å². The van der Waals surface area contributed by atoms with E-state index in [1.54, 1.807) is 0 Å². The molecule has 0 aliphatic rings. The summed E-state index contributed by atoms with van der Waals surface area (Å²) in [5.74, 6) is 0. The van der Waals surface area contributed by atoms with Gasteiger partial charge in [-0.15, -0.1) is 0 Å². The fourth-order valence-corrected chi connectivity index (χ4v) is 0. The fourth-order valence-electron chi connectivity index (χ4n) is 0. The first-order valence-corrected chi connectivity index (χ1v) is 6.03. The molecular weight excluding hydrogens is 242 g/mol. The number of primary amides is 2. The SMILES string of the molecule is NC(N)=O.[O]=[Sb]([OH])([OH])[OH]. The van der Waals surface area contributed by atoms with Gasteiger partial charge in [-0.05, 0) is 0 Å². The van der Waals surface area contributed by atoms with Gasteiger partial charge in [-0.3, -0.25) is 0 Å². The molecule has 56 valence electrons. The van der Waals surface area contributed by atoms with Crippen LogP contribution in [-0.4, -0.2) is 36.2 Å². The second-order valence-corrected chi connectivity index (χ2v) is 3.85. The summed E-state index contributed by atoms with van der Waals surface area (Å²) in [4.78, 5) is 9.00. The van der Waals surface area contributed by atoms with E-state index in [1.165, 1.54) is 0 Å². The Kier molecular flexibility index (Phi) is 5.94. The van der Waals surface area contributed by atoms with E-state index in [0.717, 1.165) is 0 Å². The van der Waals surface area contributed by atoms with Crippen LogP contribution in [0, 0.1) is 0 Å². The molecule has 0 heterocycles. The van der Waals surface area contributed by atoms with E-state index >= 15 is 0 Å². The van der Waals surface area contributed by atoms with Gasteiger partial charge in [0.05, 0.1) is 0 Å². The van der Waals surface area contributed by atoms with Crippen molar-refractivity contribution in [1.29, 1.82) is 0 Å². The maximum atomic E-state index is 9.00. The van der Waals surface area contributed by atoms with Crippen molar-refractivity contribution in [3.63, 3.8) is 0 Å². The van der Waals surface area contributed by atoms with Crippen molar-refractivity contribution in [2.45, 2.75) is 0 Å². The molecule has 2 amide bonds. The Bertz CT molecular complexity index is 115. The number of hydrogen-bond acceptors (Lipinski definition) is 2. The van der Waals surface area contributed by atoms with E-state index in [1.807, 2.05) is 0 Å². The summed E-state index contributed by atoms with van der Waals surface area (Å²) in [6.07, 6.45) is 0. The summed E-state index contributed by atoms with van der Waals surface area (Å²) < 4.78 is 30.8. The fraction of sp³-hybridized carbons (Fsp3) is 0. The van der Waals surface area contributed by atoms with E-state index in [9.17, 15) is 0 Å². The first-order valence-electron chi connectivity index (χ1n) is 1.56. The number of amides is 2. The number of nitrogens with two attached hydrogens (primary N) is 2. The van der Waals surface area contributed by atoms with Gasteiger partial charge in [0.2, 0.25) is 0 Å². The third-order valence-corrected chi connectivity index (χ3v) is 0. The summed E-state index contributed by atoms with van der Waals surface area (Å²) in [5.41, 5.74) is 8.50. The zero-order valence-electron chi connectivity index (χ0n) is 4.26. The average Bonchev–Trinajstić information content (AvgIpc) is 1.19. The molecule has 0 fully saturated rings. The Morgan fingerprint density at radius 2 is 1.22 bits per heavy atom. The normalized spacial score (nSPS) is 9.22. The predicted molar refractivity (Wildman–Crippen MR) is 26.9 cm³/mol. The summed E-state index contributed by atoms with van der Waals surface area (Å²) in [7, 11) is 0. The standard InChI is InChI=1S/CH4N2O.3H2O.O.Sb/c2-1(3)4;;;;;/h(H4,2,3,4);3*1H2;;/q;;;;;+3/p-3. The number of carbonyl (C=O) groups is 1. The number of urea groups is 1. The molecule has 9 heavy (non-hydrogen) atoms. The second kappa shape index (κ2) is 4.63. The van der Waals surface area contributed by atoms with Crippen LogP contribution >= 0.6 is 0 Å². The quantitative estimate of drug-likeness (QED) is 0.287. The molecule has 0 saturated heterocycles. The molecule has 0 spiro atoms. The summed E-state index contributed by atoms with van der Waals surface area (Å²) >= 11 is -5.35. The van der Waals surface area contributed by atoms with Gasteiger partial charge in [0.25, 0.3) is 0 Å². The van der Waals surface area contributed by atoms with Gasteiger partial charge < -0.3 is 11.5 Å². The van der Waals surface area contributed by atoms with Gasteiger partial charge >= 0.3 is 39.3 Å². The van der Waals surface area contributed by atoms with Crippen LogP contribution in [0.25, 0.3) is 0 Å². The molecule has 8 heteroatoms. The summed E-state index contributed by atoms with van der Waals surface area (Å²) in [6, 6.07) is -0.833. The first kappa shape index (κ1) is 11.6. The van der Waals surface area contributed by atoms with Crippen LogP contribution in [0.5, 0.6) is 0 Å². The molecule has 0 saturated carbocycles. The summed E-state index contributed by atoms with van der Waals surface area (Å²) in [6.45, 7) is 0. The van der Waals surface area contributed by atoms with Crippen LogP contribution in [0.4, 0.5) is 4.79 Å². The molecule has 7 N–H and O–H groups in total. The molecule has 0 rings (SSSR count). The van der Waals surface area contributed by atoms with Crippen LogP contribution < -0.4 is 11.5 Å². The van der Waals surface area contributed by atoms with Crippen LogP contribution in [0.2, 0.25) is 0 Å². The molecule has 0 aliphatic heterocycles.